The van der Waals surface area contributed by atoms with Crippen molar-refractivity contribution in [3.8, 4) is 17.0 Å². The Morgan fingerprint density at radius 3 is 2.67 bits per heavy atom. The Labute approximate surface area is 210 Å². The Balaban J connectivity index is 1.62. The maximum Gasteiger partial charge on any atom is 0.259 e. The molecule has 1 aliphatic heterocycles. The van der Waals surface area contributed by atoms with Crippen molar-refractivity contribution in [1.82, 2.24) is 24.8 Å². The zero-order valence-corrected chi connectivity index (χ0v) is 20.7. The molecule has 0 unspecified atom stereocenters. The van der Waals surface area contributed by atoms with Gasteiger partial charge in [0.1, 0.15) is 11.7 Å². The number of fused-ring (bicyclic) bond motifs is 1. The van der Waals surface area contributed by atoms with Crippen molar-refractivity contribution in [2.75, 3.05) is 26.7 Å². The summed E-state index contributed by atoms with van der Waals surface area (Å²) in [6.45, 7) is 4.31. The Hall–Kier alpha value is -3.85. The molecule has 1 N–H and O–H groups in total. The van der Waals surface area contributed by atoms with Crippen LogP contribution >= 0.6 is 0 Å². The van der Waals surface area contributed by atoms with Gasteiger partial charge >= 0.3 is 0 Å². The van der Waals surface area contributed by atoms with Gasteiger partial charge < -0.3 is 19.6 Å². The number of hydrogen-bond acceptors (Lipinski definition) is 7. The van der Waals surface area contributed by atoms with Crippen LogP contribution in [-0.2, 0) is 11.2 Å². The first-order valence-corrected chi connectivity index (χ1v) is 12.0. The van der Waals surface area contributed by atoms with Crippen LogP contribution in [0.4, 0.5) is 0 Å². The average Bonchev–Trinajstić information content (AvgIpc) is 2.91. The molecule has 0 saturated carbocycles. The highest BCUT2D eigenvalue weighted by molar-refractivity contribution is 5.98. The number of likely N-dealkylation sites (N-methyl/N-ethyl adjacent to an activating group) is 1. The summed E-state index contributed by atoms with van der Waals surface area (Å²) in [6.07, 6.45) is 8.21. The number of carbonyl (C=O) groups is 2. The number of aromatic nitrogens is 3. The fourth-order valence-electron chi connectivity index (χ4n) is 4.21. The lowest BCUT2D eigenvalue weighted by atomic mass is 9.99. The molecule has 1 aliphatic rings. The molecule has 0 aliphatic carbocycles. The third kappa shape index (κ3) is 5.68. The Kier molecular flexibility index (Phi) is 7.90. The van der Waals surface area contributed by atoms with E-state index in [4.69, 9.17) is 4.74 Å². The predicted octanol–water partition coefficient (Wildman–Crippen LogP) is 2.46. The van der Waals surface area contributed by atoms with Gasteiger partial charge in [-0.2, -0.15) is 0 Å². The first-order valence-electron chi connectivity index (χ1n) is 12.0. The smallest absolute Gasteiger partial charge is 0.259 e. The van der Waals surface area contributed by atoms with Gasteiger partial charge in [0.2, 0.25) is 11.8 Å². The maximum absolute atomic E-state index is 13.6. The van der Waals surface area contributed by atoms with Gasteiger partial charge in [0, 0.05) is 56.1 Å². The molecule has 0 fully saturated rings. The average molecular weight is 490 g/mol. The molecular weight excluding hydrogens is 458 g/mol. The molecule has 9 nitrogen and oxygen atoms in total. The fourth-order valence-corrected chi connectivity index (χ4v) is 4.21. The molecule has 188 valence electrons. The number of rotatable bonds is 7. The summed E-state index contributed by atoms with van der Waals surface area (Å²) < 4.78 is 6.30. The van der Waals surface area contributed by atoms with E-state index in [-0.39, 0.29) is 42.7 Å². The van der Waals surface area contributed by atoms with Gasteiger partial charge in [-0.15, -0.1) is 0 Å². The van der Waals surface area contributed by atoms with Crippen LogP contribution in [0, 0.1) is 5.92 Å². The van der Waals surface area contributed by atoms with Gasteiger partial charge in [0.05, 0.1) is 25.6 Å². The number of pyridine rings is 3. The summed E-state index contributed by atoms with van der Waals surface area (Å²) in [7, 11) is 1.74. The van der Waals surface area contributed by atoms with E-state index in [2.05, 4.69) is 15.0 Å². The van der Waals surface area contributed by atoms with E-state index in [9.17, 15) is 14.7 Å². The van der Waals surface area contributed by atoms with E-state index in [1.54, 1.807) is 60.0 Å². The molecule has 2 amide bonds. The molecular formula is C27H31N5O4. The molecule has 0 spiro atoms. The van der Waals surface area contributed by atoms with Crippen LogP contribution in [-0.4, -0.2) is 80.6 Å². The fraction of sp³-hybridized carbons (Fsp3) is 0.370. The lowest BCUT2D eigenvalue weighted by Gasteiger charge is -2.37. The minimum Gasteiger partial charge on any atom is -0.472 e. The van der Waals surface area contributed by atoms with Crippen molar-refractivity contribution in [2.45, 2.75) is 32.4 Å². The normalized spacial score (nSPS) is 18.4. The molecule has 0 aromatic carbocycles. The van der Waals surface area contributed by atoms with Crippen LogP contribution in [0.3, 0.4) is 0 Å². The number of carbonyl (C=O) groups excluding carboxylic acids is 2. The highest BCUT2D eigenvalue weighted by atomic mass is 16.5. The molecule has 36 heavy (non-hydrogen) atoms. The Bertz CT molecular complexity index is 1190. The summed E-state index contributed by atoms with van der Waals surface area (Å²) >= 11 is 0. The Morgan fingerprint density at radius 2 is 1.97 bits per heavy atom. The topological polar surface area (TPSA) is 109 Å². The first-order chi connectivity index (χ1) is 17.4. The second-order valence-corrected chi connectivity index (χ2v) is 9.25. The van der Waals surface area contributed by atoms with Gasteiger partial charge in [-0.25, -0.2) is 4.98 Å². The number of ether oxygens (including phenoxy) is 1. The number of hydrogen-bond donors (Lipinski definition) is 1. The minimum atomic E-state index is -0.410. The first kappa shape index (κ1) is 25.2. The number of nitrogens with zero attached hydrogens (tertiary/aromatic N) is 5. The lowest BCUT2D eigenvalue weighted by Crippen LogP contribution is -2.50. The summed E-state index contributed by atoms with van der Waals surface area (Å²) in [5.74, 6) is -0.205. The molecule has 3 atom stereocenters. The molecule has 0 saturated heterocycles. The van der Waals surface area contributed by atoms with Gasteiger partial charge in [-0.05, 0) is 42.3 Å². The third-order valence-corrected chi connectivity index (χ3v) is 6.49. The van der Waals surface area contributed by atoms with Crippen molar-refractivity contribution >= 4 is 11.8 Å². The number of aliphatic hydroxyl groups is 1. The SMILES string of the molecule is C[C@@H]1CN([C@H](C)CO)C(=O)c2cc(-c3ccncc3)cnc2O[C@@H]1CN(C)C(=O)Cc1cccnc1. The van der Waals surface area contributed by atoms with E-state index in [0.29, 0.717) is 18.7 Å². The van der Waals surface area contributed by atoms with Gasteiger partial charge in [-0.1, -0.05) is 13.0 Å². The van der Waals surface area contributed by atoms with Crippen LogP contribution < -0.4 is 4.74 Å². The molecule has 0 radical (unpaired) electrons. The summed E-state index contributed by atoms with van der Waals surface area (Å²) in [5.41, 5.74) is 2.80. The van der Waals surface area contributed by atoms with E-state index in [0.717, 1.165) is 16.7 Å². The van der Waals surface area contributed by atoms with E-state index in [1.165, 1.54) is 0 Å². The second kappa shape index (κ2) is 11.3. The van der Waals surface area contributed by atoms with Crippen LogP contribution in [0.25, 0.3) is 11.1 Å². The minimum absolute atomic E-state index is 0.0567. The molecule has 3 aromatic heterocycles. The number of amides is 2. The number of aliphatic hydroxyl groups excluding tert-OH is 1. The van der Waals surface area contributed by atoms with Crippen molar-refractivity contribution in [2.24, 2.45) is 5.92 Å². The van der Waals surface area contributed by atoms with Crippen molar-refractivity contribution in [3.05, 3.63) is 72.4 Å². The predicted molar refractivity (Wildman–Crippen MR) is 134 cm³/mol. The van der Waals surface area contributed by atoms with Gasteiger partial charge in [0.15, 0.2) is 0 Å². The molecule has 9 heteroatoms. The zero-order valence-electron chi connectivity index (χ0n) is 20.7. The molecule has 4 rings (SSSR count). The van der Waals surface area contributed by atoms with E-state index in [1.807, 2.05) is 32.0 Å². The summed E-state index contributed by atoms with van der Waals surface area (Å²) in [6, 6.07) is 8.74. The van der Waals surface area contributed by atoms with Crippen molar-refractivity contribution < 1.29 is 19.4 Å². The maximum atomic E-state index is 13.6. The lowest BCUT2D eigenvalue weighted by molar-refractivity contribution is -0.130. The van der Waals surface area contributed by atoms with Crippen molar-refractivity contribution in [1.29, 1.82) is 0 Å². The molecule has 3 aromatic rings. The van der Waals surface area contributed by atoms with Crippen LogP contribution in [0.1, 0.15) is 29.8 Å². The molecule has 0 bridgehead atoms. The summed E-state index contributed by atoms with van der Waals surface area (Å²) in [4.78, 5) is 42.4. The van der Waals surface area contributed by atoms with E-state index >= 15 is 0 Å². The Morgan fingerprint density at radius 1 is 1.19 bits per heavy atom. The largest absolute Gasteiger partial charge is 0.472 e. The standard InChI is InChI=1S/C27H31N5O4/c1-18-15-32(19(2)17-33)27(35)23-12-22(21-6-9-28-10-7-21)14-30-26(23)36-24(18)16-31(3)25(34)11-20-5-4-8-29-13-20/h4-10,12-14,18-19,24,33H,11,15-17H2,1-3H3/t18-,19-,24-/m1/s1. The van der Waals surface area contributed by atoms with Crippen molar-refractivity contribution in [3.63, 3.8) is 0 Å². The van der Waals surface area contributed by atoms with Gasteiger partial charge in [0.25, 0.3) is 5.91 Å². The third-order valence-electron chi connectivity index (χ3n) is 6.49. The quantitative estimate of drug-likeness (QED) is 0.543. The highest BCUT2D eigenvalue weighted by Crippen LogP contribution is 2.30. The monoisotopic (exact) mass is 489 g/mol. The van der Waals surface area contributed by atoms with Crippen LogP contribution in [0.15, 0.2) is 61.3 Å². The summed E-state index contributed by atoms with van der Waals surface area (Å²) in [5, 5.41) is 9.85. The molecule has 4 heterocycles. The van der Waals surface area contributed by atoms with Crippen LogP contribution in [0.5, 0.6) is 5.88 Å². The van der Waals surface area contributed by atoms with E-state index < -0.39 is 6.10 Å². The van der Waals surface area contributed by atoms with Crippen LogP contribution in [0.2, 0.25) is 0 Å². The van der Waals surface area contributed by atoms with Gasteiger partial charge in [-0.3, -0.25) is 19.6 Å². The zero-order chi connectivity index (χ0) is 25.7. The highest BCUT2D eigenvalue weighted by Gasteiger charge is 2.34. The second-order valence-electron chi connectivity index (χ2n) is 9.25.